The Morgan fingerprint density at radius 3 is 2.62 bits per heavy atom. The molecule has 0 aromatic heterocycles. The molecule has 0 radical (unpaired) electrons. The molecule has 4 heteroatoms. The summed E-state index contributed by atoms with van der Waals surface area (Å²) in [6.45, 7) is 8.03. The second kappa shape index (κ2) is 5.80. The quantitative estimate of drug-likeness (QED) is 0.273. The Hall–Kier alpha value is -0.770. The minimum atomic E-state index is 0.105. The van der Waals surface area contributed by atoms with Crippen LogP contribution in [0.5, 0.6) is 0 Å². The van der Waals surface area contributed by atoms with Crippen LogP contribution in [-0.2, 0) is 0 Å². The summed E-state index contributed by atoms with van der Waals surface area (Å²) < 4.78 is 0.567. The molecule has 0 atom stereocenters. The zero-order valence-corrected chi connectivity index (χ0v) is 9.80. The smallest absolute Gasteiger partial charge is 0.145 e. The molecule has 0 saturated carbocycles. The third-order valence-corrected chi connectivity index (χ3v) is 2.51. The van der Waals surface area contributed by atoms with Crippen LogP contribution in [0.25, 0.3) is 0 Å². The van der Waals surface area contributed by atoms with E-state index in [1.54, 1.807) is 4.90 Å². The molecule has 1 N–H and O–H groups in total. The molecule has 0 aromatic carbocycles. The fourth-order valence-corrected chi connectivity index (χ4v) is 1.15. The van der Waals surface area contributed by atoms with Crippen LogP contribution in [0.3, 0.4) is 0 Å². The van der Waals surface area contributed by atoms with Gasteiger partial charge in [0.05, 0.1) is 0 Å². The second-order valence-corrected chi connectivity index (χ2v) is 3.21. The first-order valence-electron chi connectivity index (χ1n) is 4.00. The van der Waals surface area contributed by atoms with Crippen LogP contribution >= 0.6 is 15.9 Å². The average molecular weight is 247 g/mol. The number of nitrogens with zero attached hydrogens (tertiary/aromatic N) is 2. The molecule has 0 saturated heterocycles. The van der Waals surface area contributed by atoms with E-state index in [4.69, 9.17) is 0 Å². The molecule has 3 nitrogen and oxygen atoms in total. The van der Waals surface area contributed by atoms with Gasteiger partial charge in [-0.3, -0.25) is 4.99 Å². The SMILES string of the molecule is C=C/C(O)=C(\Br)N(C)C(C)=NCC. The maximum Gasteiger partial charge on any atom is 0.145 e. The molecule has 0 rings (SSSR count). The number of halogens is 1. The molecule has 0 amide bonds. The van der Waals surface area contributed by atoms with E-state index in [0.717, 1.165) is 12.4 Å². The van der Waals surface area contributed by atoms with Crippen molar-refractivity contribution >= 4 is 21.8 Å². The average Bonchev–Trinajstić information content (AvgIpc) is 2.14. The van der Waals surface area contributed by atoms with Crippen molar-refractivity contribution in [3.05, 3.63) is 23.0 Å². The first-order chi connectivity index (χ1) is 6.04. The molecule has 0 spiro atoms. The van der Waals surface area contributed by atoms with Gasteiger partial charge in [-0.05, 0) is 35.9 Å². The first-order valence-corrected chi connectivity index (χ1v) is 4.79. The Morgan fingerprint density at radius 2 is 2.23 bits per heavy atom. The molecule has 0 bridgehead atoms. The summed E-state index contributed by atoms with van der Waals surface area (Å²) in [6, 6.07) is 0. The summed E-state index contributed by atoms with van der Waals surface area (Å²) in [5.74, 6) is 0.941. The van der Waals surface area contributed by atoms with Crippen molar-refractivity contribution in [1.29, 1.82) is 0 Å². The van der Waals surface area contributed by atoms with Gasteiger partial charge in [-0.15, -0.1) is 0 Å². The summed E-state index contributed by atoms with van der Waals surface area (Å²) in [5.41, 5.74) is 0. The highest BCUT2D eigenvalue weighted by Crippen LogP contribution is 2.15. The van der Waals surface area contributed by atoms with E-state index in [-0.39, 0.29) is 5.76 Å². The molecule has 13 heavy (non-hydrogen) atoms. The number of aliphatic hydroxyl groups excluding tert-OH is 1. The third kappa shape index (κ3) is 3.63. The van der Waals surface area contributed by atoms with E-state index in [1.165, 1.54) is 6.08 Å². The van der Waals surface area contributed by atoms with Crippen LogP contribution in [-0.4, -0.2) is 29.4 Å². The van der Waals surface area contributed by atoms with Gasteiger partial charge in [0.25, 0.3) is 0 Å². The van der Waals surface area contributed by atoms with Crippen LogP contribution in [0.1, 0.15) is 13.8 Å². The van der Waals surface area contributed by atoms with Gasteiger partial charge in [0.2, 0.25) is 0 Å². The molecular weight excluding hydrogens is 232 g/mol. The van der Waals surface area contributed by atoms with Gasteiger partial charge in [-0.2, -0.15) is 0 Å². The second-order valence-electron chi connectivity index (χ2n) is 2.46. The molecule has 0 aliphatic carbocycles. The highest BCUT2D eigenvalue weighted by Gasteiger charge is 2.07. The van der Waals surface area contributed by atoms with Crippen LogP contribution in [0.4, 0.5) is 0 Å². The molecule has 0 heterocycles. The lowest BCUT2D eigenvalue weighted by Gasteiger charge is -2.18. The van der Waals surface area contributed by atoms with E-state index in [1.807, 2.05) is 20.9 Å². The summed E-state index contributed by atoms with van der Waals surface area (Å²) >= 11 is 3.24. The van der Waals surface area contributed by atoms with Gasteiger partial charge in [0, 0.05) is 13.6 Å². The van der Waals surface area contributed by atoms with Gasteiger partial charge in [0.15, 0.2) is 0 Å². The third-order valence-electron chi connectivity index (χ3n) is 1.57. The van der Waals surface area contributed by atoms with E-state index < -0.39 is 0 Å². The van der Waals surface area contributed by atoms with Crippen molar-refractivity contribution in [3.8, 4) is 0 Å². The lowest BCUT2D eigenvalue weighted by atomic mass is 10.5. The molecule has 74 valence electrons. The van der Waals surface area contributed by atoms with Gasteiger partial charge < -0.3 is 10.0 Å². The first kappa shape index (κ1) is 12.2. The van der Waals surface area contributed by atoms with Crippen LogP contribution in [0.2, 0.25) is 0 Å². The Kier molecular flexibility index (Phi) is 5.46. The Labute approximate surface area is 87.6 Å². The predicted molar refractivity (Wildman–Crippen MR) is 60.2 cm³/mol. The van der Waals surface area contributed by atoms with Gasteiger partial charge in [0.1, 0.15) is 16.2 Å². The molecule has 0 aromatic rings. The zero-order valence-electron chi connectivity index (χ0n) is 8.21. The lowest BCUT2D eigenvalue weighted by Crippen LogP contribution is -2.22. The number of amidine groups is 1. The number of aliphatic hydroxyl groups is 1. The van der Waals surface area contributed by atoms with Crippen molar-refractivity contribution in [2.75, 3.05) is 13.6 Å². The molecule has 0 fully saturated rings. The van der Waals surface area contributed by atoms with E-state index in [9.17, 15) is 5.11 Å². The maximum absolute atomic E-state index is 9.33. The van der Waals surface area contributed by atoms with Crippen molar-refractivity contribution in [2.24, 2.45) is 4.99 Å². The number of hydrogen-bond acceptors (Lipinski definition) is 2. The van der Waals surface area contributed by atoms with Gasteiger partial charge in [-0.25, -0.2) is 0 Å². The lowest BCUT2D eigenvalue weighted by molar-refractivity contribution is 0.416. The summed E-state index contributed by atoms with van der Waals surface area (Å²) in [7, 11) is 1.82. The van der Waals surface area contributed by atoms with Crippen LogP contribution in [0.15, 0.2) is 28.0 Å². The van der Waals surface area contributed by atoms with Crippen LogP contribution in [0, 0.1) is 0 Å². The predicted octanol–water partition coefficient (Wildman–Crippen LogP) is 2.66. The van der Waals surface area contributed by atoms with Crippen LogP contribution < -0.4 is 0 Å². The number of allylic oxidation sites excluding steroid dienone is 1. The standard InChI is InChI=1S/C9H15BrN2O/c1-5-8(13)9(10)12(4)7(3)11-6-2/h5,13H,1,6H2,2-4H3/b9-8-,11-7?. The molecule has 0 aliphatic heterocycles. The Bertz CT molecular complexity index is 246. The summed E-state index contributed by atoms with van der Waals surface area (Å²) in [4.78, 5) is 5.95. The number of aliphatic imine (C=N–C) groups is 1. The molecular formula is C9H15BrN2O. The van der Waals surface area contributed by atoms with Crippen molar-refractivity contribution in [3.63, 3.8) is 0 Å². The maximum atomic E-state index is 9.33. The van der Waals surface area contributed by atoms with Crippen molar-refractivity contribution in [2.45, 2.75) is 13.8 Å². The van der Waals surface area contributed by atoms with Gasteiger partial charge in [-0.1, -0.05) is 6.58 Å². The van der Waals surface area contributed by atoms with Gasteiger partial charge >= 0.3 is 0 Å². The monoisotopic (exact) mass is 246 g/mol. The fourth-order valence-electron chi connectivity index (χ4n) is 0.733. The van der Waals surface area contributed by atoms with Crippen molar-refractivity contribution < 1.29 is 5.11 Å². The molecule has 0 unspecified atom stereocenters. The molecule has 0 aliphatic rings. The normalized spacial score (nSPS) is 13.7. The topological polar surface area (TPSA) is 35.8 Å². The fraction of sp³-hybridized carbons (Fsp3) is 0.444. The minimum absolute atomic E-state index is 0.105. The van der Waals surface area contributed by atoms with Crippen molar-refractivity contribution in [1.82, 2.24) is 4.90 Å². The summed E-state index contributed by atoms with van der Waals surface area (Å²) in [5, 5.41) is 9.33. The Balaban J connectivity index is 4.69. The highest BCUT2D eigenvalue weighted by molar-refractivity contribution is 9.11. The number of rotatable bonds is 3. The number of hydrogen-bond donors (Lipinski definition) is 1. The summed E-state index contributed by atoms with van der Waals surface area (Å²) in [6.07, 6.45) is 1.37. The van der Waals surface area contributed by atoms with E-state index >= 15 is 0 Å². The minimum Gasteiger partial charge on any atom is -0.505 e. The largest absolute Gasteiger partial charge is 0.505 e. The van der Waals surface area contributed by atoms with E-state index in [2.05, 4.69) is 27.5 Å². The Morgan fingerprint density at radius 1 is 1.69 bits per heavy atom. The highest BCUT2D eigenvalue weighted by atomic mass is 79.9. The van der Waals surface area contributed by atoms with E-state index in [0.29, 0.717) is 4.61 Å². The zero-order chi connectivity index (χ0) is 10.4.